The third-order valence-electron chi connectivity index (χ3n) is 3.31. The SMILES string of the molecule is CCCNc1ncc(S(=O)(=O)N(CC)CC2CC2)cn1. The van der Waals surface area contributed by atoms with Crippen LogP contribution in [0, 0.1) is 5.92 Å². The van der Waals surface area contributed by atoms with Crippen molar-refractivity contribution in [2.24, 2.45) is 5.92 Å². The Bertz CT molecular complexity index is 526. The van der Waals surface area contributed by atoms with E-state index in [1.807, 2.05) is 13.8 Å². The summed E-state index contributed by atoms with van der Waals surface area (Å²) in [7, 11) is -3.46. The van der Waals surface area contributed by atoms with Crippen LogP contribution < -0.4 is 5.32 Å². The van der Waals surface area contributed by atoms with Crippen LogP contribution in [-0.4, -0.2) is 42.3 Å². The summed E-state index contributed by atoms with van der Waals surface area (Å²) in [5.41, 5.74) is 0. The van der Waals surface area contributed by atoms with E-state index < -0.39 is 10.0 Å². The fraction of sp³-hybridized carbons (Fsp3) is 0.692. The Morgan fingerprint density at radius 1 is 1.30 bits per heavy atom. The molecule has 0 atom stereocenters. The zero-order valence-corrected chi connectivity index (χ0v) is 12.9. The van der Waals surface area contributed by atoms with Crippen LogP contribution in [0.15, 0.2) is 17.3 Å². The van der Waals surface area contributed by atoms with E-state index in [9.17, 15) is 8.42 Å². The zero-order chi connectivity index (χ0) is 14.6. The molecule has 1 N–H and O–H groups in total. The molecule has 7 heteroatoms. The minimum Gasteiger partial charge on any atom is -0.354 e. The highest BCUT2D eigenvalue weighted by Crippen LogP contribution is 2.31. The molecule has 0 aromatic carbocycles. The monoisotopic (exact) mass is 298 g/mol. The van der Waals surface area contributed by atoms with Crippen molar-refractivity contribution in [1.82, 2.24) is 14.3 Å². The van der Waals surface area contributed by atoms with Gasteiger partial charge in [0.1, 0.15) is 4.90 Å². The number of aromatic nitrogens is 2. The lowest BCUT2D eigenvalue weighted by molar-refractivity contribution is 0.411. The molecule has 1 aliphatic rings. The van der Waals surface area contributed by atoms with Crippen LogP contribution in [-0.2, 0) is 10.0 Å². The van der Waals surface area contributed by atoms with Gasteiger partial charge < -0.3 is 5.32 Å². The minimum atomic E-state index is -3.46. The fourth-order valence-corrected chi connectivity index (χ4v) is 3.33. The van der Waals surface area contributed by atoms with Gasteiger partial charge in [-0.05, 0) is 25.2 Å². The molecule has 20 heavy (non-hydrogen) atoms. The number of sulfonamides is 1. The zero-order valence-electron chi connectivity index (χ0n) is 12.0. The first kappa shape index (κ1) is 15.2. The molecule has 6 nitrogen and oxygen atoms in total. The molecule has 1 saturated carbocycles. The van der Waals surface area contributed by atoms with E-state index in [0.717, 1.165) is 25.8 Å². The van der Waals surface area contributed by atoms with Crippen molar-refractivity contribution in [3.8, 4) is 0 Å². The molecule has 1 fully saturated rings. The van der Waals surface area contributed by atoms with E-state index in [2.05, 4.69) is 15.3 Å². The van der Waals surface area contributed by atoms with Gasteiger partial charge in [0.05, 0.1) is 12.4 Å². The molecule has 0 radical (unpaired) electrons. The van der Waals surface area contributed by atoms with E-state index in [1.54, 1.807) is 0 Å². The lowest BCUT2D eigenvalue weighted by Crippen LogP contribution is -2.33. The van der Waals surface area contributed by atoms with Gasteiger partial charge in [-0.3, -0.25) is 0 Å². The third-order valence-corrected chi connectivity index (χ3v) is 5.20. The van der Waals surface area contributed by atoms with E-state index >= 15 is 0 Å². The number of nitrogens with zero attached hydrogens (tertiary/aromatic N) is 3. The molecule has 1 aliphatic carbocycles. The average molecular weight is 298 g/mol. The van der Waals surface area contributed by atoms with Gasteiger partial charge in [0, 0.05) is 19.6 Å². The Morgan fingerprint density at radius 2 is 1.95 bits per heavy atom. The highest BCUT2D eigenvalue weighted by atomic mass is 32.2. The molecule has 1 aromatic heterocycles. The molecular weight excluding hydrogens is 276 g/mol. The van der Waals surface area contributed by atoms with Gasteiger partial charge in [-0.1, -0.05) is 13.8 Å². The van der Waals surface area contributed by atoms with Crippen LogP contribution in [0.1, 0.15) is 33.1 Å². The Kier molecular flexibility index (Phi) is 4.93. The summed E-state index contributed by atoms with van der Waals surface area (Å²) in [5, 5.41) is 3.03. The summed E-state index contributed by atoms with van der Waals surface area (Å²) >= 11 is 0. The fourth-order valence-electron chi connectivity index (χ4n) is 1.91. The predicted octanol–water partition coefficient (Wildman–Crippen LogP) is 1.72. The van der Waals surface area contributed by atoms with Crippen molar-refractivity contribution >= 4 is 16.0 Å². The number of hydrogen-bond acceptors (Lipinski definition) is 5. The maximum Gasteiger partial charge on any atom is 0.246 e. The molecule has 1 aromatic rings. The smallest absolute Gasteiger partial charge is 0.246 e. The molecule has 0 saturated heterocycles. The van der Waals surface area contributed by atoms with Crippen molar-refractivity contribution < 1.29 is 8.42 Å². The van der Waals surface area contributed by atoms with Gasteiger partial charge in [0.2, 0.25) is 16.0 Å². The van der Waals surface area contributed by atoms with E-state index in [4.69, 9.17) is 0 Å². The van der Waals surface area contributed by atoms with E-state index in [1.165, 1.54) is 16.7 Å². The highest BCUT2D eigenvalue weighted by molar-refractivity contribution is 7.89. The average Bonchev–Trinajstić information content (AvgIpc) is 3.26. The quantitative estimate of drug-likeness (QED) is 0.791. The Balaban J connectivity index is 2.10. The largest absolute Gasteiger partial charge is 0.354 e. The first-order valence-electron chi connectivity index (χ1n) is 7.14. The van der Waals surface area contributed by atoms with Gasteiger partial charge in [0.15, 0.2) is 0 Å². The second-order valence-corrected chi connectivity index (χ2v) is 7.01. The van der Waals surface area contributed by atoms with Crippen LogP contribution >= 0.6 is 0 Å². The second kappa shape index (κ2) is 6.49. The van der Waals surface area contributed by atoms with Crippen molar-refractivity contribution in [2.75, 3.05) is 25.0 Å². The Hall–Kier alpha value is -1.21. The van der Waals surface area contributed by atoms with Gasteiger partial charge >= 0.3 is 0 Å². The van der Waals surface area contributed by atoms with E-state index in [-0.39, 0.29) is 4.90 Å². The predicted molar refractivity (Wildman–Crippen MR) is 78.0 cm³/mol. The number of hydrogen-bond donors (Lipinski definition) is 1. The normalized spacial score (nSPS) is 15.6. The summed E-state index contributed by atoms with van der Waals surface area (Å²) in [6.45, 7) is 5.76. The maximum absolute atomic E-state index is 12.5. The molecule has 0 spiro atoms. The molecule has 1 heterocycles. The standard InChI is InChI=1S/C13H22N4O2S/c1-3-7-14-13-15-8-12(9-16-13)20(18,19)17(4-2)10-11-5-6-11/h8-9,11H,3-7,10H2,1-2H3,(H,14,15,16). The van der Waals surface area contributed by atoms with Crippen LogP contribution in [0.25, 0.3) is 0 Å². The minimum absolute atomic E-state index is 0.169. The molecule has 0 amide bonds. The van der Waals surface area contributed by atoms with Gasteiger partial charge in [-0.25, -0.2) is 18.4 Å². The van der Waals surface area contributed by atoms with Crippen LogP contribution in [0.5, 0.6) is 0 Å². The lowest BCUT2D eigenvalue weighted by atomic mass is 10.4. The first-order chi connectivity index (χ1) is 9.57. The van der Waals surface area contributed by atoms with Crippen molar-refractivity contribution in [1.29, 1.82) is 0 Å². The summed E-state index contributed by atoms with van der Waals surface area (Å²) in [4.78, 5) is 8.30. The molecule has 0 aliphatic heterocycles. The van der Waals surface area contributed by atoms with Crippen LogP contribution in [0.3, 0.4) is 0 Å². The topological polar surface area (TPSA) is 75.2 Å². The third kappa shape index (κ3) is 3.67. The summed E-state index contributed by atoms with van der Waals surface area (Å²) < 4.78 is 26.5. The van der Waals surface area contributed by atoms with Crippen LogP contribution in [0.2, 0.25) is 0 Å². The lowest BCUT2D eigenvalue weighted by Gasteiger charge is -2.19. The summed E-state index contributed by atoms with van der Waals surface area (Å²) in [6, 6.07) is 0. The number of rotatable bonds is 8. The maximum atomic E-state index is 12.5. The second-order valence-electron chi connectivity index (χ2n) is 5.07. The van der Waals surface area contributed by atoms with Crippen molar-refractivity contribution in [3.05, 3.63) is 12.4 Å². The Morgan fingerprint density at radius 3 is 2.45 bits per heavy atom. The molecular formula is C13H22N4O2S. The molecule has 0 bridgehead atoms. The molecule has 0 unspecified atom stereocenters. The first-order valence-corrected chi connectivity index (χ1v) is 8.58. The van der Waals surface area contributed by atoms with E-state index in [0.29, 0.717) is 25.0 Å². The van der Waals surface area contributed by atoms with Gasteiger partial charge in [-0.15, -0.1) is 0 Å². The molecule has 2 rings (SSSR count). The number of nitrogens with one attached hydrogen (secondary N) is 1. The van der Waals surface area contributed by atoms with Gasteiger partial charge in [0.25, 0.3) is 0 Å². The number of anilines is 1. The summed E-state index contributed by atoms with van der Waals surface area (Å²) in [5.74, 6) is 0.993. The highest BCUT2D eigenvalue weighted by Gasteiger charge is 2.31. The Labute approximate surface area is 120 Å². The van der Waals surface area contributed by atoms with Crippen molar-refractivity contribution in [2.45, 2.75) is 38.0 Å². The summed E-state index contributed by atoms with van der Waals surface area (Å²) in [6.07, 6.45) is 5.99. The van der Waals surface area contributed by atoms with Gasteiger partial charge in [-0.2, -0.15) is 4.31 Å². The van der Waals surface area contributed by atoms with Crippen molar-refractivity contribution in [3.63, 3.8) is 0 Å². The molecule has 112 valence electrons. The van der Waals surface area contributed by atoms with Crippen LogP contribution in [0.4, 0.5) is 5.95 Å².